The predicted octanol–water partition coefficient (Wildman–Crippen LogP) is -0.680. The molecule has 1 saturated carbocycles. The minimum absolute atomic E-state index is 0.372. The lowest BCUT2D eigenvalue weighted by atomic mass is 10.4. The average Bonchev–Trinajstić information content (AvgIpc) is 2.70. The van der Waals surface area contributed by atoms with Crippen molar-refractivity contribution in [3.63, 3.8) is 0 Å². The minimum atomic E-state index is -1.01. The summed E-state index contributed by atoms with van der Waals surface area (Å²) in [6.45, 7) is -0.683. The number of amides is 2. The van der Waals surface area contributed by atoms with Crippen molar-refractivity contribution in [1.82, 2.24) is 10.9 Å². The molecule has 1 rings (SSSR count). The number of alkyl halides is 2. The molecular formula is C6H8Cl2N2O3. The van der Waals surface area contributed by atoms with Crippen LogP contribution in [0.5, 0.6) is 0 Å². The average molecular weight is 227 g/mol. The lowest BCUT2D eigenvalue weighted by Gasteiger charge is -2.04. The van der Waals surface area contributed by atoms with E-state index in [1.807, 2.05) is 5.43 Å². The summed E-state index contributed by atoms with van der Waals surface area (Å²) in [5.74, 6) is -1.63. The molecule has 0 bridgehead atoms. The topological polar surface area (TPSA) is 78.4 Å². The second-order valence-corrected chi connectivity index (χ2v) is 4.26. The zero-order chi connectivity index (χ0) is 10.1. The first-order valence-corrected chi connectivity index (χ1v) is 4.30. The van der Waals surface area contributed by atoms with Gasteiger partial charge in [0.05, 0.1) is 5.92 Å². The van der Waals surface area contributed by atoms with Crippen molar-refractivity contribution >= 4 is 35.0 Å². The molecule has 5 nitrogen and oxygen atoms in total. The fraction of sp³-hybridized carbons (Fsp3) is 0.667. The highest BCUT2D eigenvalue weighted by Crippen LogP contribution is 2.53. The van der Waals surface area contributed by atoms with Crippen molar-refractivity contribution in [2.75, 3.05) is 6.61 Å². The van der Waals surface area contributed by atoms with Gasteiger partial charge < -0.3 is 5.11 Å². The molecule has 0 aliphatic heterocycles. The van der Waals surface area contributed by atoms with Gasteiger partial charge in [-0.05, 0) is 6.42 Å². The second-order valence-electron chi connectivity index (χ2n) is 2.71. The molecule has 1 unspecified atom stereocenters. The highest BCUT2D eigenvalue weighted by Gasteiger charge is 2.56. The predicted molar refractivity (Wildman–Crippen MR) is 45.9 cm³/mol. The van der Waals surface area contributed by atoms with Crippen LogP contribution in [0.1, 0.15) is 6.42 Å². The van der Waals surface area contributed by atoms with Crippen molar-refractivity contribution in [3.05, 3.63) is 0 Å². The Labute approximate surface area is 84.4 Å². The third-order valence-electron chi connectivity index (χ3n) is 1.61. The van der Waals surface area contributed by atoms with E-state index >= 15 is 0 Å². The molecule has 0 aromatic carbocycles. The van der Waals surface area contributed by atoms with Crippen molar-refractivity contribution in [3.8, 4) is 0 Å². The number of nitrogens with one attached hydrogen (secondary N) is 2. The summed E-state index contributed by atoms with van der Waals surface area (Å²) in [7, 11) is 0. The zero-order valence-electron chi connectivity index (χ0n) is 6.51. The summed E-state index contributed by atoms with van der Waals surface area (Å²) in [6.07, 6.45) is 0.372. The van der Waals surface area contributed by atoms with E-state index in [1.165, 1.54) is 0 Å². The number of hydrazine groups is 1. The van der Waals surface area contributed by atoms with Gasteiger partial charge in [0.2, 0.25) is 5.91 Å². The monoisotopic (exact) mass is 226 g/mol. The molecule has 1 aliphatic rings. The molecule has 0 aromatic heterocycles. The van der Waals surface area contributed by atoms with E-state index in [2.05, 4.69) is 5.43 Å². The van der Waals surface area contributed by atoms with Crippen LogP contribution in [0, 0.1) is 5.92 Å². The Morgan fingerprint density at radius 1 is 1.46 bits per heavy atom. The maximum absolute atomic E-state index is 11.1. The summed E-state index contributed by atoms with van der Waals surface area (Å²) in [5.41, 5.74) is 4.07. The summed E-state index contributed by atoms with van der Waals surface area (Å²) in [5, 5.41) is 8.29. The molecule has 13 heavy (non-hydrogen) atoms. The molecule has 1 fully saturated rings. The molecular weight excluding hydrogens is 219 g/mol. The van der Waals surface area contributed by atoms with Crippen molar-refractivity contribution < 1.29 is 14.7 Å². The highest BCUT2D eigenvalue weighted by molar-refractivity contribution is 6.52. The van der Waals surface area contributed by atoms with E-state index in [0.717, 1.165) is 0 Å². The molecule has 7 heteroatoms. The van der Waals surface area contributed by atoms with E-state index in [0.29, 0.717) is 6.42 Å². The Morgan fingerprint density at radius 2 is 2.00 bits per heavy atom. The first-order valence-electron chi connectivity index (χ1n) is 3.55. The van der Waals surface area contributed by atoms with E-state index in [9.17, 15) is 9.59 Å². The maximum Gasteiger partial charge on any atom is 0.264 e. The number of aliphatic hydroxyl groups excluding tert-OH is 1. The maximum atomic E-state index is 11.1. The molecule has 1 atom stereocenters. The van der Waals surface area contributed by atoms with Crippen LogP contribution in [0.3, 0.4) is 0 Å². The summed E-state index contributed by atoms with van der Waals surface area (Å²) < 4.78 is -1.01. The molecule has 1 aliphatic carbocycles. The summed E-state index contributed by atoms with van der Waals surface area (Å²) in [4.78, 5) is 21.5. The van der Waals surface area contributed by atoms with Gasteiger partial charge in [-0.2, -0.15) is 0 Å². The highest BCUT2D eigenvalue weighted by atomic mass is 35.5. The molecule has 2 amide bonds. The number of carbonyl (C=O) groups excluding carboxylic acids is 2. The SMILES string of the molecule is O=C(CO)NNC(=O)C1CC1(Cl)Cl. The summed E-state index contributed by atoms with van der Waals surface area (Å²) in [6, 6.07) is 0. The first-order chi connectivity index (χ1) is 5.97. The molecule has 74 valence electrons. The fourth-order valence-electron chi connectivity index (χ4n) is 0.756. The van der Waals surface area contributed by atoms with Crippen LogP contribution in [-0.2, 0) is 9.59 Å². The Kier molecular flexibility index (Phi) is 3.00. The van der Waals surface area contributed by atoms with Crippen molar-refractivity contribution in [2.45, 2.75) is 10.8 Å². The number of hydrogen-bond donors (Lipinski definition) is 3. The van der Waals surface area contributed by atoms with Gasteiger partial charge in [-0.3, -0.25) is 20.4 Å². The van der Waals surface area contributed by atoms with Crippen molar-refractivity contribution in [2.24, 2.45) is 5.92 Å². The Bertz CT molecular complexity index is 244. The van der Waals surface area contributed by atoms with Crippen LogP contribution in [0.2, 0.25) is 0 Å². The van der Waals surface area contributed by atoms with Crippen molar-refractivity contribution in [1.29, 1.82) is 0 Å². The smallest absolute Gasteiger partial charge is 0.264 e. The van der Waals surface area contributed by atoms with Gasteiger partial charge in [0.25, 0.3) is 5.91 Å². The molecule has 0 aromatic rings. The molecule has 0 heterocycles. The van der Waals surface area contributed by atoms with Crippen LogP contribution < -0.4 is 10.9 Å². The lowest BCUT2D eigenvalue weighted by Crippen LogP contribution is -2.44. The largest absolute Gasteiger partial charge is 0.386 e. The molecule has 0 radical (unpaired) electrons. The summed E-state index contributed by atoms with van der Waals surface area (Å²) >= 11 is 11.2. The molecule has 3 N–H and O–H groups in total. The number of rotatable bonds is 2. The molecule has 0 saturated heterocycles. The number of halogens is 2. The standard InChI is InChI=1S/C6H8Cl2N2O3/c7-6(8)1-3(6)5(13)10-9-4(12)2-11/h3,11H,1-2H2,(H,9,12)(H,10,13). The second kappa shape index (κ2) is 3.69. The fourth-order valence-corrected chi connectivity index (χ4v) is 1.26. The molecule has 0 spiro atoms. The lowest BCUT2D eigenvalue weighted by molar-refractivity contribution is -0.131. The third-order valence-corrected chi connectivity index (χ3v) is 2.45. The number of carbonyl (C=O) groups is 2. The van der Waals surface area contributed by atoms with Crippen LogP contribution >= 0.6 is 23.2 Å². The quantitative estimate of drug-likeness (QED) is 0.432. The van der Waals surface area contributed by atoms with Crippen LogP contribution in [0.4, 0.5) is 0 Å². The Balaban J connectivity index is 2.24. The van der Waals surface area contributed by atoms with E-state index in [1.54, 1.807) is 0 Å². The van der Waals surface area contributed by atoms with E-state index in [-0.39, 0.29) is 0 Å². The van der Waals surface area contributed by atoms with Gasteiger partial charge in [0.15, 0.2) is 0 Å². The Hall–Kier alpha value is -0.520. The zero-order valence-corrected chi connectivity index (χ0v) is 8.02. The van der Waals surface area contributed by atoms with Gasteiger partial charge in [-0.15, -0.1) is 23.2 Å². The van der Waals surface area contributed by atoms with Gasteiger partial charge in [-0.1, -0.05) is 0 Å². The number of aliphatic hydroxyl groups is 1. The van der Waals surface area contributed by atoms with E-state index < -0.39 is 28.7 Å². The minimum Gasteiger partial charge on any atom is -0.386 e. The van der Waals surface area contributed by atoms with Gasteiger partial charge in [0.1, 0.15) is 10.9 Å². The van der Waals surface area contributed by atoms with Crippen LogP contribution in [0.25, 0.3) is 0 Å². The van der Waals surface area contributed by atoms with Gasteiger partial charge in [0, 0.05) is 0 Å². The van der Waals surface area contributed by atoms with E-state index in [4.69, 9.17) is 28.3 Å². The Morgan fingerprint density at radius 3 is 2.38 bits per heavy atom. The van der Waals surface area contributed by atoms with Crippen LogP contribution in [0.15, 0.2) is 0 Å². The first kappa shape index (κ1) is 10.6. The van der Waals surface area contributed by atoms with Gasteiger partial charge >= 0.3 is 0 Å². The normalized spacial score (nSPS) is 23.5. The van der Waals surface area contributed by atoms with Gasteiger partial charge in [-0.25, -0.2) is 0 Å². The number of hydrogen-bond acceptors (Lipinski definition) is 3. The third kappa shape index (κ3) is 2.72. The van der Waals surface area contributed by atoms with Crippen LogP contribution in [-0.4, -0.2) is 27.9 Å².